The maximum Gasteiger partial charge on any atom is 0.126 e. The van der Waals surface area contributed by atoms with Crippen LogP contribution in [0.3, 0.4) is 0 Å². The number of nitriles is 1. The van der Waals surface area contributed by atoms with E-state index in [2.05, 4.69) is 4.98 Å². The van der Waals surface area contributed by atoms with Crippen molar-refractivity contribution in [1.29, 1.82) is 5.26 Å². The molecule has 0 saturated heterocycles. The number of allylic oxidation sites excluding steroid dienone is 1. The molecule has 0 unspecified atom stereocenters. The fourth-order valence-electron chi connectivity index (χ4n) is 1.63. The zero-order valence-corrected chi connectivity index (χ0v) is 8.84. The molecule has 2 aromatic rings. The van der Waals surface area contributed by atoms with Crippen molar-refractivity contribution in [2.75, 3.05) is 7.11 Å². The Morgan fingerprint density at radius 1 is 1.38 bits per heavy atom. The van der Waals surface area contributed by atoms with E-state index in [0.29, 0.717) is 0 Å². The quantitative estimate of drug-likeness (QED) is 0.716. The van der Waals surface area contributed by atoms with Crippen molar-refractivity contribution in [1.82, 2.24) is 4.98 Å². The number of hydrogen-bond donors (Lipinski definition) is 0. The number of benzene rings is 1. The van der Waals surface area contributed by atoms with Crippen LogP contribution in [-0.4, -0.2) is 12.1 Å². The lowest BCUT2D eigenvalue weighted by atomic mass is 10.1. The standard InChI is InChI=1S/C13H10N2O/c1-16-13-7-6-12-10(5-3-9-15-12)11(13)4-2-8-14/h2-7,9H,1H3/b4-2+. The Morgan fingerprint density at radius 2 is 2.25 bits per heavy atom. The first-order valence-corrected chi connectivity index (χ1v) is 4.84. The number of methoxy groups -OCH3 is 1. The van der Waals surface area contributed by atoms with Crippen LogP contribution in [0, 0.1) is 11.3 Å². The van der Waals surface area contributed by atoms with Crippen LogP contribution < -0.4 is 4.74 Å². The van der Waals surface area contributed by atoms with Crippen molar-refractivity contribution >= 4 is 17.0 Å². The Morgan fingerprint density at radius 3 is 3.00 bits per heavy atom. The normalized spacial score (nSPS) is 10.5. The van der Waals surface area contributed by atoms with Crippen LogP contribution in [0.1, 0.15) is 5.56 Å². The molecule has 1 aromatic carbocycles. The Kier molecular flexibility index (Phi) is 2.84. The molecule has 16 heavy (non-hydrogen) atoms. The minimum absolute atomic E-state index is 0.743. The van der Waals surface area contributed by atoms with Gasteiger partial charge in [-0.05, 0) is 24.3 Å². The molecule has 0 amide bonds. The molecule has 0 aliphatic carbocycles. The van der Waals surface area contributed by atoms with Crippen molar-refractivity contribution in [3.8, 4) is 11.8 Å². The summed E-state index contributed by atoms with van der Waals surface area (Å²) >= 11 is 0. The minimum Gasteiger partial charge on any atom is -0.496 e. The summed E-state index contributed by atoms with van der Waals surface area (Å²) in [6.07, 6.45) is 4.92. The Hall–Kier alpha value is -2.34. The second-order valence-electron chi connectivity index (χ2n) is 3.21. The van der Waals surface area contributed by atoms with Gasteiger partial charge in [-0.25, -0.2) is 0 Å². The number of fused-ring (bicyclic) bond motifs is 1. The highest BCUT2D eigenvalue weighted by atomic mass is 16.5. The molecule has 0 bridgehead atoms. The van der Waals surface area contributed by atoms with Gasteiger partial charge in [0.1, 0.15) is 5.75 Å². The van der Waals surface area contributed by atoms with E-state index < -0.39 is 0 Å². The monoisotopic (exact) mass is 210 g/mol. The Balaban J connectivity index is 2.74. The predicted molar refractivity (Wildman–Crippen MR) is 62.9 cm³/mol. The molecule has 0 N–H and O–H groups in total. The summed E-state index contributed by atoms with van der Waals surface area (Å²) in [5.41, 5.74) is 1.77. The zero-order chi connectivity index (χ0) is 11.4. The highest BCUT2D eigenvalue weighted by molar-refractivity contribution is 5.90. The maximum atomic E-state index is 8.57. The molecule has 1 aromatic heterocycles. The van der Waals surface area contributed by atoms with E-state index in [1.807, 2.05) is 30.3 Å². The summed E-state index contributed by atoms with van der Waals surface area (Å²) in [5.74, 6) is 0.743. The third-order valence-corrected chi connectivity index (χ3v) is 2.33. The molecule has 0 saturated carbocycles. The molecule has 2 rings (SSSR count). The van der Waals surface area contributed by atoms with Gasteiger partial charge in [0, 0.05) is 23.2 Å². The fourth-order valence-corrected chi connectivity index (χ4v) is 1.63. The Bertz CT molecular complexity index is 582. The average Bonchev–Trinajstić information content (AvgIpc) is 2.35. The zero-order valence-electron chi connectivity index (χ0n) is 8.84. The first kappa shape index (κ1) is 10.2. The van der Waals surface area contributed by atoms with E-state index in [-0.39, 0.29) is 0 Å². The van der Waals surface area contributed by atoms with Gasteiger partial charge in [0.2, 0.25) is 0 Å². The molecule has 0 radical (unpaired) electrons. The summed E-state index contributed by atoms with van der Waals surface area (Å²) in [6, 6.07) is 9.56. The molecule has 0 aliphatic heterocycles. The van der Waals surface area contributed by atoms with Gasteiger partial charge in [0.05, 0.1) is 18.7 Å². The van der Waals surface area contributed by atoms with Crippen LogP contribution in [0.15, 0.2) is 36.5 Å². The lowest BCUT2D eigenvalue weighted by molar-refractivity contribution is 0.414. The highest BCUT2D eigenvalue weighted by Crippen LogP contribution is 2.27. The third kappa shape index (κ3) is 1.73. The number of hydrogen-bond acceptors (Lipinski definition) is 3. The number of pyridine rings is 1. The van der Waals surface area contributed by atoms with Crippen LogP contribution in [0.5, 0.6) is 5.75 Å². The van der Waals surface area contributed by atoms with E-state index in [1.165, 1.54) is 6.08 Å². The van der Waals surface area contributed by atoms with Crippen molar-refractivity contribution in [2.24, 2.45) is 0 Å². The van der Waals surface area contributed by atoms with E-state index in [9.17, 15) is 0 Å². The molecular weight excluding hydrogens is 200 g/mol. The van der Waals surface area contributed by atoms with Crippen molar-refractivity contribution in [3.05, 3.63) is 42.1 Å². The number of rotatable bonds is 2. The van der Waals surface area contributed by atoms with Gasteiger partial charge in [-0.15, -0.1) is 0 Å². The molecular formula is C13H10N2O. The summed E-state index contributed by atoms with van der Waals surface area (Å²) in [6.45, 7) is 0. The van der Waals surface area contributed by atoms with Gasteiger partial charge in [-0.2, -0.15) is 5.26 Å². The SMILES string of the molecule is COc1ccc2ncccc2c1/C=C/C#N. The van der Waals surface area contributed by atoms with E-state index >= 15 is 0 Å². The largest absolute Gasteiger partial charge is 0.496 e. The molecule has 0 spiro atoms. The fraction of sp³-hybridized carbons (Fsp3) is 0.0769. The predicted octanol–water partition coefficient (Wildman–Crippen LogP) is 2.78. The summed E-state index contributed by atoms with van der Waals surface area (Å²) in [7, 11) is 1.61. The van der Waals surface area contributed by atoms with Crippen LogP contribution >= 0.6 is 0 Å². The lowest BCUT2D eigenvalue weighted by Crippen LogP contribution is -1.89. The topological polar surface area (TPSA) is 45.9 Å². The maximum absolute atomic E-state index is 8.57. The second kappa shape index (κ2) is 4.45. The Labute approximate surface area is 93.6 Å². The number of aromatic nitrogens is 1. The average molecular weight is 210 g/mol. The summed E-state index contributed by atoms with van der Waals surface area (Å²) in [4.78, 5) is 4.25. The number of nitrogens with zero attached hydrogens (tertiary/aromatic N) is 2. The van der Waals surface area contributed by atoms with Crippen LogP contribution in [0.2, 0.25) is 0 Å². The van der Waals surface area contributed by atoms with E-state index in [1.54, 1.807) is 19.4 Å². The molecule has 1 heterocycles. The molecule has 3 heteroatoms. The van der Waals surface area contributed by atoms with Crippen molar-refractivity contribution < 1.29 is 4.74 Å². The lowest BCUT2D eigenvalue weighted by Gasteiger charge is -2.07. The van der Waals surface area contributed by atoms with Gasteiger partial charge in [0.15, 0.2) is 0 Å². The van der Waals surface area contributed by atoms with E-state index in [0.717, 1.165) is 22.2 Å². The third-order valence-electron chi connectivity index (χ3n) is 2.33. The molecule has 0 fully saturated rings. The van der Waals surface area contributed by atoms with Gasteiger partial charge in [-0.1, -0.05) is 6.07 Å². The second-order valence-corrected chi connectivity index (χ2v) is 3.21. The molecule has 3 nitrogen and oxygen atoms in total. The molecule has 0 aliphatic rings. The van der Waals surface area contributed by atoms with Crippen molar-refractivity contribution in [3.63, 3.8) is 0 Å². The van der Waals surface area contributed by atoms with Crippen LogP contribution in [0.25, 0.3) is 17.0 Å². The molecule has 0 atom stereocenters. The molecule has 78 valence electrons. The summed E-state index contributed by atoms with van der Waals surface area (Å²) < 4.78 is 5.26. The van der Waals surface area contributed by atoms with Gasteiger partial charge >= 0.3 is 0 Å². The van der Waals surface area contributed by atoms with Crippen molar-refractivity contribution in [2.45, 2.75) is 0 Å². The van der Waals surface area contributed by atoms with Gasteiger partial charge in [-0.3, -0.25) is 4.98 Å². The number of ether oxygens (including phenoxy) is 1. The van der Waals surface area contributed by atoms with Crippen LogP contribution in [0.4, 0.5) is 0 Å². The summed E-state index contributed by atoms with van der Waals surface area (Å²) in [5, 5.41) is 9.55. The minimum atomic E-state index is 0.743. The van der Waals surface area contributed by atoms with Gasteiger partial charge in [0.25, 0.3) is 0 Å². The highest BCUT2D eigenvalue weighted by Gasteiger charge is 2.05. The first-order valence-electron chi connectivity index (χ1n) is 4.84. The van der Waals surface area contributed by atoms with E-state index in [4.69, 9.17) is 10.00 Å². The van der Waals surface area contributed by atoms with Crippen LogP contribution in [-0.2, 0) is 0 Å². The smallest absolute Gasteiger partial charge is 0.126 e. The van der Waals surface area contributed by atoms with Gasteiger partial charge < -0.3 is 4.74 Å². The first-order chi connectivity index (χ1) is 7.86.